The maximum Gasteiger partial charge on any atom is 0.254 e. The van der Waals surface area contributed by atoms with Gasteiger partial charge < -0.3 is 15.1 Å². The van der Waals surface area contributed by atoms with Gasteiger partial charge in [-0.05, 0) is 29.8 Å². The van der Waals surface area contributed by atoms with Gasteiger partial charge in [0.1, 0.15) is 0 Å². The molecule has 0 aromatic heterocycles. The minimum Gasteiger partial charge on any atom is -0.345 e. The van der Waals surface area contributed by atoms with Gasteiger partial charge in [-0.1, -0.05) is 35.9 Å². The summed E-state index contributed by atoms with van der Waals surface area (Å²) < 4.78 is 0. The van der Waals surface area contributed by atoms with E-state index in [0.717, 1.165) is 12.1 Å². The zero-order valence-electron chi connectivity index (χ0n) is 15.3. The summed E-state index contributed by atoms with van der Waals surface area (Å²) in [6.07, 6.45) is 0. The average Bonchev–Trinajstić information content (AvgIpc) is 2.67. The highest BCUT2D eigenvalue weighted by atomic mass is 35.5. The number of carbonyl (C=O) groups excluding carboxylic acids is 2. The van der Waals surface area contributed by atoms with Crippen molar-refractivity contribution in [2.24, 2.45) is 0 Å². The predicted molar refractivity (Wildman–Crippen MR) is 110 cm³/mol. The second kappa shape index (κ2) is 9.22. The van der Waals surface area contributed by atoms with E-state index in [0.29, 0.717) is 29.2 Å². The Bertz CT molecular complexity index is 826. The highest BCUT2D eigenvalue weighted by Gasteiger charge is 2.30. The quantitative estimate of drug-likeness (QED) is 0.849. The van der Waals surface area contributed by atoms with Crippen LogP contribution < -0.4 is 5.32 Å². The molecule has 0 saturated carbocycles. The van der Waals surface area contributed by atoms with Gasteiger partial charge in [0.15, 0.2) is 0 Å². The van der Waals surface area contributed by atoms with Crippen molar-refractivity contribution in [3.05, 3.63) is 70.2 Å². The Hall–Kier alpha value is -2.08. The summed E-state index contributed by atoms with van der Waals surface area (Å²) in [4.78, 5) is 28.7. The van der Waals surface area contributed by atoms with Crippen LogP contribution >= 0.6 is 24.0 Å². The van der Waals surface area contributed by atoms with Crippen molar-refractivity contribution in [1.29, 1.82) is 0 Å². The molecule has 1 unspecified atom stereocenters. The van der Waals surface area contributed by atoms with Crippen LogP contribution in [-0.4, -0.2) is 55.3 Å². The van der Waals surface area contributed by atoms with Crippen molar-refractivity contribution in [2.45, 2.75) is 6.04 Å². The molecule has 1 saturated heterocycles. The monoisotopic (exact) mass is 407 g/mol. The van der Waals surface area contributed by atoms with Crippen LogP contribution in [0.2, 0.25) is 5.02 Å². The Kier molecular flexibility index (Phi) is 7.25. The first-order chi connectivity index (χ1) is 12.5. The van der Waals surface area contributed by atoms with Crippen molar-refractivity contribution in [2.75, 3.05) is 33.7 Å². The van der Waals surface area contributed by atoms with Gasteiger partial charge >= 0.3 is 0 Å². The molecule has 0 spiro atoms. The number of nitrogens with zero attached hydrogens (tertiary/aromatic N) is 2. The van der Waals surface area contributed by atoms with Gasteiger partial charge in [0.05, 0.1) is 6.04 Å². The van der Waals surface area contributed by atoms with E-state index in [1.165, 1.54) is 4.90 Å². The van der Waals surface area contributed by atoms with Crippen molar-refractivity contribution in [3.8, 4) is 0 Å². The maximum absolute atomic E-state index is 13.2. The Morgan fingerprint density at radius 1 is 1.11 bits per heavy atom. The number of piperazine rings is 1. The lowest BCUT2D eigenvalue weighted by molar-refractivity contribution is 0.0634. The number of carbonyl (C=O) groups is 2. The second-order valence-electron chi connectivity index (χ2n) is 6.52. The SMILES string of the molecule is CN(C)C(=O)c1cccc(C(=O)N2CCNCC2c2ccccc2Cl)c1.Cl. The van der Waals surface area contributed by atoms with E-state index in [1.54, 1.807) is 38.4 Å². The Labute approximate surface area is 170 Å². The second-order valence-corrected chi connectivity index (χ2v) is 6.93. The fourth-order valence-corrected chi connectivity index (χ4v) is 3.44. The molecule has 5 nitrogen and oxygen atoms in total. The molecule has 1 fully saturated rings. The van der Waals surface area contributed by atoms with Crippen LogP contribution in [0.5, 0.6) is 0 Å². The highest BCUT2D eigenvalue weighted by Crippen LogP contribution is 2.29. The third-order valence-corrected chi connectivity index (χ3v) is 4.88. The molecule has 2 aromatic rings. The number of hydrogen-bond donors (Lipinski definition) is 1. The lowest BCUT2D eigenvalue weighted by atomic mass is 10.0. The van der Waals surface area contributed by atoms with E-state index >= 15 is 0 Å². The summed E-state index contributed by atoms with van der Waals surface area (Å²) in [6.45, 7) is 1.95. The fraction of sp³-hybridized carbons (Fsp3) is 0.300. The highest BCUT2D eigenvalue weighted by molar-refractivity contribution is 6.31. The molecule has 7 heteroatoms. The molecule has 1 heterocycles. The molecule has 1 aliphatic rings. The number of benzene rings is 2. The molecule has 2 amide bonds. The van der Waals surface area contributed by atoms with Gasteiger partial charge in [-0.25, -0.2) is 0 Å². The fourth-order valence-electron chi connectivity index (χ4n) is 3.18. The molecule has 27 heavy (non-hydrogen) atoms. The first-order valence-corrected chi connectivity index (χ1v) is 8.94. The summed E-state index contributed by atoms with van der Waals surface area (Å²) in [6, 6.07) is 14.3. The molecule has 144 valence electrons. The Morgan fingerprint density at radius 3 is 2.52 bits per heavy atom. The van der Waals surface area contributed by atoms with Crippen molar-refractivity contribution in [1.82, 2.24) is 15.1 Å². The van der Waals surface area contributed by atoms with Gasteiger partial charge in [0.25, 0.3) is 11.8 Å². The van der Waals surface area contributed by atoms with E-state index in [2.05, 4.69) is 5.32 Å². The third-order valence-electron chi connectivity index (χ3n) is 4.53. The standard InChI is InChI=1S/C20H22ClN3O2.ClH/c1-23(2)19(25)14-6-5-7-15(12-14)20(26)24-11-10-22-13-18(24)16-8-3-4-9-17(16)21;/h3-9,12,18,22H,10-11,13H2,1-2H3;1H. The Balaban J connectivity index is 0.00000261. The van der Waals surface area contributed by atoms with Crippen LogP contribution in [-0.2, 0) is 0 Å². The number of hydrogen-bond acceptors (Lipinski definition) is 3. The zero-order valence-corrected chi connectivity index (χ0v) is 16.9. The predicted octanol–water partition coefficient (Wildman–Crippen LogP) is 3.25. The van der Waals surface area contributed by atoms with Gasteiger partial charge in [-0.3, -0.25) is 9.59 Å². The first kappa shape index (κ1) is 21.2. The first-order valence-electron chi connectivity index (χ1n) is 8.57. The number of rotatable bonds is 3. The molecule has 1 atom stereocenters. The summed E-state index contributed by atoms with van der Waals surface area (Å²) in [5, 5.41) is 3.98. The van der Waals surface area contributed by atoms with E-state index in [-0.39, 0.29) is 30.3 Å². The molecule has 0 radical (unpaired) electrons. The van der Waals surface area contributed by atoms with Gasteiger partial charge in [0, 0.05) is 49.9 Å². The lowest BCUT2D eigenvalue weighted by Gasteiger charge is -2.37. The Morgan fingerprint density at radius 2 is 1.81 bits per heavy atom. The largest absolute Gasteiger partial charge is 0.345 e. The van der Waals surface area contributed by atoms with Crippen LogP contribution in [0, 0.1) is 0 Å². The van der Waals surface area contributed by atoms with Crippen molar-refractivity contribution >= 4 is 35.8 Å². The van der Waals surface area contributed by atoms with Crippen LogP contribution in [0.25, 0.3) is 0 Å². The average molecular weight is 408 g/mol. The van der Waals surface area contributed by atoms with Crippen LogP contribution in [0.4, 0.5) is 0 Å². The topological polar surface area (TPSA) is 52.7 Å². The number of halogens is 2. The smallest absolute Gasteiger partial charge is 0.254 e. The third kappa shape index (κ3) is 4.61. The summed E-state index contributed by atoms with van der Waals surface area (Å²) in [7, 11) is 3.39. The number of nitrogens with one attached hydrogen (secondary N) is 1. The molecule has 2 aromatic carbocycles. The van der Waals surface area contributed by atoms with Crippen LogP contribution in [0.15, 0.2) is 48.5 Å². The molecule has 1 N–H and O–H groups in total. The van der Waals surface area contributed by atoms with E-state index in [4.69, 9.17) is 11.6 Å². The summed E-state index contributed by atoms with van der Waals surface area (Å²) in [5.41, 5.74) is 1.94. The van der Waals surface area contributed by atoms with Gasteiger partial charge in [0.2, 0.25) is 0 Å². The molecule has 1 aliphatic heterocycles. The summed E-state index contributed by atoms with van der Waals surface area (Å²) in [5.74, 6) is -0.215. The molecular formula is C20H23Cl2N3O2. The lowest BCUT2D eigenvalue weighted by Crippen LogP contribution is -2.48. The van der Waals surface area contributed by atoms with Gasteiger partial charge in [-0.2, -0.15) is 0 Å². The van der Waals surface area contributed by atoms with E-state index < -0.39 is 0 Å². The van der Waals surface area contributed by atoms with Crippen molar-refractivity contribution < 1.29 is 9.59 Å². The van der Waals surface area contributed by atoms with E-state index in [1.807, 2.05) is 29.2 Å². The molecule has 0 aliphatic carbocycles. The molecule has 3 rings (SSSR count). The van der Waals surface area contributed by atoms with Crippen LogP contribution in [0.1, 0.15) is 32.3 Å². The molecular weight excluding hydrogens is 385 g/mol. The van der Waals surface area contributed by atoms with Crippen molar-refractivity contribution in [3.63, 3.8) is 0 Å². The van der Waals surface area contributed by atoms with E-state index in [9.17, 15) is 9.59 Å². The molecule has 0 bridgehead atoms. The minimum atomic E-state index is -0.141. The van der Waals surface area contributed by atoms with Gasteiger partial charge in [-0.15, -0.1) is 12.4 Å². The van der Waals surface area contributed by atoms with Crippen LogP contribution in [0.3, 0.4) is 0 Å². The minimum absolute atomic E-state index is 0. The number of amides is 2. The zero-order chi connectivity index (χ0) is 18.7. The summed E-state index contributed by atoms with van der Waals surface area (Å²) >= 11 is 6.36. The maximum atomic E-state index is 13.2. The normalized spacial score (nSPS) is 16.4.